The van der Waals surface area contributed by atoms with Gasteiger partial charge in [0.05, 0.1) is 16.8 Å². The van der Waals surface area contributed by atoms with E-state index in [0.717, 1.165) is 20.8 Å². The molecule has 0 saturated heterocycles. The monoisotopic (exact) mass is 346 g/mol. The van der Waals surface area contributed by atoms with E-state index >= 15 is 0 Å². The fourth-order valence-corrected chi connectivity index (χ4v) is 3.22. The smallest absolute Gasteiger partial charge is 0.250 e. The van der Waals surface area contributed by atoms with Gasteiger partial charge in [-0.15, -0.1) is 11.3 Å². The van der Waals surface area contributed by atoms with E-state index in [1.807, 2.05) is 37.3 Å². The molecule has 6 heteroatoms. The van der Waals surface area contributed by atoms with Crippen molar-refractivity contribution in [3.63, 3.8) is 0 Å². The van der Waals surface area contributed by atoms with E-state index in [1.54, 1.807) is 23.5 Å². The molecule has 4 nitrogen and oxygen atoms in total. The van der Waals surface area contributed by atoms with Crippen molar-refractivity contribution in [1.82, 2.24) is 4.98 Å². The number of carbonyl (C=O) groups excluding carboxylic acids is 1. The van der Waals surface area contributed by atoms with Gasteiger partial charge < -0.3 is 10.1 Å². The first-order valence-electron chi connectivity index (χ1n) is 7.10. The lowest BCUT2D eigenvalue weighted by molar-refractivity contribution is -0.121. The van der Waals surface area contributed by atoms with Crippen LogP contribution in [0.3, 0.4) is 0 Å². The molecule has 0 spiro atoms. The number of benzene rings is 2. The maximum Gasteiger partial charge on any atom is 0.250 e. The van der Waals surface area contributed by atoms with Crippen molar-refractivity contribution >= 4 is 44.7 Å². The van der Waals surface area contributed by atoms with E-state index in [9.17, 15) is 4.79 Å². The molecular weight excluding hydrogens is 332 g/mol. The van der Waals surface area contributed by atoms with Crippen LogP contribution in [0, 0.1) is 6.92 Å². The molecule has 0 fully saturated rings. The molecule has 0 aliphatic heterocycles. The van der Waals surface area contributed by atoms with E-state index in [4.69, 9.17) is 16.3 Å². The zero-order chi connectivity index (χ0) is 16.2. The number of thiazole rings is 1. The standard InChI is InChI=1S/C17H15ClN2O2S/c1-11-12(18)5-4-7-13(11)19-16(21)9-22-10-17-20-14-6-2-3-8-15(14)23-17/h2-8H,9-10H2,1H3,(H,19,21). The number of carbonyl (C=O) groups is 1. The van der Waals surface area contributed by atoms with Gasteiger partial charge in [-0.2, -0.15) is 0 Å². The third-order valence-electron chi connectivity index (χ3n) is 3.34. The zero-order valence-corrected chi connectivity index (χ0v) is 14.1. The van der Waals surface area contributed by atoms with Gasteiger partial charge in [0.2, 0.25) is 5.91 Å². The third kappa shape index (κ3) is 3.88. The Hall–Kier alpha value is -1.95. The summed E-state index contributed by atoms with van der Waals surface area (Å²) in [5.41, 5.74) is 2.50. The second kappa shape index (κ2) is 7.08. The maximum atomic E-state index is 11.9. The number of rotatable bonds is 5. The highest BCUT2D eigenvalue weighted by atomic mass is 35.5. The second-order valence-electron chi connectivity index (χ2n) is 5.03. The second-order valence-corrected chi connectivity index (χ2v) is 6.55. The summed E-state index contributed by atoms with van der Waals surface area (Å²) in [7, 11) is 0. The summed E-state index contributed by atoms with van der Waals surface area (Å²) in [6, 6.07) is 13.3. The lowest BCUT2D eigenvalue weighted by Gasteiger charge is -2.09. The van der Waals surface area contributed by atoms with Crippen molar-refractivity contribution in [2.45, 2.75) is 13.5 Å². The molecule has 0 aliphatic rings. The number of ether oxygens (including phenoxy) is 1. The number of para-hydroxylation sites is 1. The van der Waals surface area contributed by atoms with Crippen molar-refractivity contribution in [3.8, 4) is 0 Å². The highest BCUT2D eigenvalue weighted by Crippen LogP contribution is 2.23. The Morgan fingerprint density at radius 2 is 2.09 bits per heavy atom. The highest BCUT2D eigenvalue weighted by Gasteiger charge is 2.08. The number of hydrogen-bond acceptors (Lipinski definition) is 4. The van der Waals surface area contributed by atoms with E-state index < -0.39 is 0 Å². The maximum absolute atomic E-state index is 11.9. The van der Waals surface area contributed by atoms with Gasteiger partial charge >= 0.3 is 0 Å². The van der Waals surface area contributed by atoms with Gasteiger partial charge in [-0.25, -0.2) is 4.98 Å². The Morgan fingerprint density at radius 1 is 1.26 bits per heavy atom. The predicted molar refractivity (Wildman–Crippen MR) is 94.1 cm³/mol. The molecule has 1 aromatic heterocycles. The predicted octanol–water partition coefficient (Wildman–Crippen LogP) is 4.41. The number of anilines is 1. The minimum atomic E-state index is -0.212. The van der Waals surface area contributed by atoms with Gasteiger partial charge in [-0.05, 0) is 36.8 Å². The van der Waals surface area contributed by atoms with Crippen LogP contribution in [0.15, 0.2) is 42.5 Å². The Bertz CT molecular complexity index is 814. The molecule has 1 heterocycles. The van der Waals surface area contributed by atoms with Crippen molar-refractivity contribution in [2.24, 2.45) is 0 Å². The summed E-state index contributed by atoms with van der Waals surface area (Å²) in [6.07, 6.45) is 0. The van der Waals surface area contributed by atoms with Crippen LogP contribution in [-0.4, -0.2) is 17.5 Å². The van der Waals surface area contributed by atoms with E-state index in [-0.39, 0.29) is 12.5 Å². The summed E-state index contributed by atoms with van der Waals surface area (Å²) in [4.78, 5) is 16.4. The molecule has 118 valence electrons. The van der Waals surface area contributed by atoms with Crippen molar-refractivity contribution in [2.75, 3.05) is 11.9 Å². The fraction of sp³-hybridized carbons (Fsp3) is 0.176. The Morgan fingerprint density at radius 3 is 2.91 bits per heavy atom. The first-order chi connectivity index (χ1) is 11.1. The van der Waals surface area contributed by atoms with E-state index in [2.05, 4.69) is 10.3 Å². The summed E-state index contributed by atoms with van der Waals surface area (Å²) < 4.78 is 6.57. The van der Waals surface area contributed by atoms with Crippen LogP contribution < -0.4 is 5.32 Å². The van der Waals surface area contributed by atoms with Crippen LogP contribution in [0.2, 0.25) is 5.02 Å². The largest absolute Gasteiger partial charge is 0.364 e. The number of hydrogen-bond donors (Lipinski definition) is 1. The van der Waals surface area contributed by atoms with Gasteiger partial charge in [0.15, 0.2) is 0 Å². The Balaban J connectivity index is 1.54. The number of halogens is 1. The fourth-order valence-electron chi connectivity index (χ4n) is 2.14. The molecule has 0 radical (unpaired) electrons. The minimum absolute atomic E-state index is 0.0259. The third-order valence-corrected chi connectivity index (χ3v) is 4.76. The van der Waals surface area contributed by atoms with Crippen LogP contribution in [-0.2, 0) is 16.1 Å². The number of nitrogens with one attached hydrogen (secondary N) is 1. The van der Waals surface area contributed by atoms with Crippen LogP contribution in [0.25, 0.3) is 10.2 Å². The van der Waals surface area contributed by atoms with Gasteiger partial charge in [0.1, 0.15) is 11.6 Å². The van der Waals surface area contributed by atoms with E-state index in [1.165, 1.54) is 0 Å². The molecule has 23 heavy (non-hydrogen) atoms. The first kappa shape index (κ1) is 15.9. The quantitative estimate of drug-likeness (QED) is 0.744. The van der Waals surface area contributed by atoms with Crippen LogP contribution >= 0.6 is 22.9 Å². The first-order valence-corrected chi connectivity index (χ1v) is 8.30. The topological polar surface area (TPSA) is 51.2 Å². The molecule has 1 amide bonds. The molecule has 0 unspecified atom stereocenters. The average molecular weight is 347 g/mol. The molecule has 0 atom stereocenters. The normalized spacial score (nSPS) is 10.9. The molecule has 0 saturated carbocycles. The molecule has 0 bridgehead atoms. The van der Waals surface area contributed by atoms with E-state index in [0.29, 0.717) is 17.3 Å². The molecular formula is C17H15ClN2O2S. The van der Waals surface area contributed by atoms with Gasteiger partial charge in [-0.3, -0.25) is 4.79 Å². The number of amides is 1. The molecule has 2 aromatic carbocycles. The van der Waals surface area contributed by atoms with Gasteiger partial charge in [0.25, 0.3) is 0 Å². The summed E-state index contributed by atoms with van der Waals surface area (Å²) >= 11 is 7.60. The molecule has 1 N–H and O–H groups in total. The molecule has 0 aliphatic carbocycles. The summed E-state index contributed by atoms with van der Waals surface area (Å²) in [6.45, 7) is 2.16. The van der Waals surface area contributed by atoms with Gasteiger partial charge in [-0.1, -0.05) is 29.8 Å². The van der Waals surface area contributed by atoms with Crippen LogP contribution in [0.5, 0.6) is 0 Å². The lowest BCUT2D eigenvalue weighted by Crippen LogP contribution is -2.18. The highest BCUT2D eigenvalue weighted by molar-refractivity contribution is 7.18. The van der Waals surface area contributed by atoms with Crippen molar-refractivity contribution in [1.29, 1.82) is 0 Å². The Kier molecular flexibility index (Phi) is 4.91. The SMILES string of the molecule is Cc1c(Cl)cccc1NC(=O)COCc1nc2ccccc2s1. The summed E-state index contributed by atoms with van der Waals surface area (Å²) in [5, 5.41) is 4.28. The number of fused-ring (bicyclic) bond motifs is 1. The zero-order valence-electron chi connectivity index (χ0n) is 12.5. The van der Waals surface area contributed by atoms with Crippen LogP contribution in [0.4, 0.5) is 5.69 Å². The molecule has 3 aromatic rings. The van der Waals surface area contributed by atoms with Gasteiger partial charge in [0, 0.05) is 10.7 Å². The Labute approximate surface area is 143 Å². The number of aromatic nitrogens is 1. The molecule has 3 rings (SSSR count). The lowest BCUT2D eigenvalue weighted by atomic mass is 10.2. The van der Waals surface area contributed by atoms with Crippen molar-refractivity contribution in [3.05, 3.63) is 58.1 Å². The summed E-state index contributed by atoms with van der Waals surface area (Å²) in [5.74, 6) is -0.212. The average Bonchev–Trinajstić information content (AvgIpc) is 2.94. The number of nitrogens with zero attached hydrogens (tertiary/aromatic N) is 1. The van der Waals surface area contributed by atoms with Crippen molar-refractivity contribution < 1.29 is 9.53 Å². The minimum Gasteiger partial charge on any atom is -0.364 e. The van der Waals surface area contributed by atoms with Crippen LogP contribution in [0.1, 0.15) is 10.6 Å².